The van der Waals surface area contributed by atoms with Crippen LogP contribution < -0.4 is 0 Å². The van der Waals surface area contributed by atoms with E-state index < -0.39 is 0 Å². The molecule has 44 heavy (non-hydrogen) atoms. The lowest BCUT2D eigenvalue weighted by Gasteiger charge is -2.47. The van der Waals surface area contributed by atoms with Crippen LogP contribution in [0.3, 0.4) is 0 Å². The quantitative estimate of drug-likeness (QED) is 0.173. The molecule has 0 radical (unpaired) electrons. The van der Waals surface area contributed by atoms with Crippen LogP contribution in [0.4, 0.5) is 0 Å². The Morgan fingerprint density at radius 1 is 0.295 bits per heavy atom. The molecule has 0 bridgehead atoms. The average Bonchev–Trinajstić information content (AvgIpc) is 3.76. The van der Waals surface area contributed by atoms with Crippen molar-refractivity contribution in [2.24, 2.45) is 0 Å². The lowest BCUT2D eigenvalue weighted by atomic mass is 9.57. The topological polar surface area (TPSA) is 0 Å². The zero-order valence-corrected chi connectivity index (χ0v) is 33.3. The van der Waals surface area contributed by atoms with Crippen molar-refractivity contribution in [3.05, 3.63) is 65.4 Å². The Kier molecular flexibility index (Phi) is 7.05. The smallest absolute Gasteiger partial charge is 0.0496 e. The normalized spacial score (nSPS) is 15.4. The van der Waals surface area contributed by atoms with Gasteiger partial charge in [0.05, 0.1) is 0 Å². The van der Waals surface area contributed by atoms with Gasteiger partial charge in [0.2, 0.25) is 0 Å². The summed E-state index contributed by atoms with van der Waals surface area (Å²) in [7, 11) is 0. The molecule has 0 N–H and O–H groups in total. The molecule has 0 amide bonds. The Hall–Kier alpha value is -1.54. The minimum Gasteiger partial charge on any atom is -0.139 e. The number of aryl methyl sites for hydroxylation is 4. The molecule has 0 fully saturated rings. The fourth-order valence-corrected chi connectivity index (χ4v) is 16.3. The summed E-state index contributed by atoms with van der Waals surface area (Å²) < 4.78 is 2.96. The van der Waals surface area contributed by atoms with Crippen molar-refractivity contribution < 1.29 is 0 Å². The van der Waals surface area contributed by atoms with Crippen LogP contribution >= 0.6 is 68.0 Å². The summed E-state index contributed by atoms with van der Waals surface area (Å²) in [4.78, 5) is 14.8. The van der Waals surface area contributed by atoms with Gasteiger partial charge in [0.1, 0.15) is 0 Å². The van der Waals surface area contributed by atoms with Crippen LogP contribution in [0.5, 0.6) is 0 Å². The lowest BCUT2D eigenvalue weighted by molar-refractivity contribution is 0.299. The van der Waals surface area contributed by atoms with Gasteiger partial charge in [0.15, 0.2) is 0 Å². The molecule has 0 unspecified atom stereocenters. The fourth-order valence-electron chi connectivity index (χ4n) is 7.38. The molecule has 0 atom stereocenters. The highest BCUT2D eigenvalue weighted by molar-refractivity contribution is 7.35. The highest BCUT2D eigenvalue weighted by Crippen LogP contribution is 2.63. The van der Waals surface area contributed by atoms with E-state index in [2.05, 4.69) is 108 Å². The van der Waals surface area contributed by atoms with E-state index in [-0.39, 0.29) is 10.8 Å². The molecule has 6 heterocycles. The van der Waals surface area contributed by atoms with Crippen molar-refractivity contribution in [2.45, 2.75) is 108 Å². The largest absolute Gasteiger partial charge is 0.139 e. The summed E-state index contributed by atoms with van der Waals surface area (Å²) in [5, 5.41) is 0. The third-order valence-electron chi connectivity index (χ3n) is 11.3. The summed E-state index contributed by atoms with van der Waals surface area (Å²) in [5.74, 6) is 0. The molecule has 0 spiro atoms. The van der Waals surface area contributed by atoms with Crippen LogP contribution in [0.15, 0.2) is 0 Å². The molecule has 0 aliphatic heterocycles. The molecule has 0 aromatic carbocycles. The molecule has 7 rings (SSSR count). The van der Waals surface area contributed by atoms with Crippen LogP contribution in [0.2, 0.25) is 0 Å². The lowest BCUT2D eigenvalue weighted by Crippen LogP contribution is -2.43. The van der Waals surface area contributed by atoms with Gasteiger partial charge in [-0.05, 0) is 125 Å². The van der Waals surface area contributed by atoms with Crippen molar-refractivity contribution in [3.8, 4) is 39.0 Å². The molecule has 230 valence electrons. The van der Waals surface area contributed by atoms with Gasteiger partial charge in [-0.2, -0.15) is 0 Å². The van der Waals surface area contributed by atoms with Gasteiger partial charge in [-0.3, -0.25) is 0 Å². The van der Waals surface area contributed by atoms with E-state index in [1.54, 1.807) is 11.1 Å². The SMILES string of the molecule is Cc1sc(-c2sc3c(C)c(-c4sc(-c5sc6c(c5C)C(C)(C)C(C)(C)c5c-6sc(C)c5C)c(C)c4C)sc3c2C)c(C)c1C. The molecule has 0 nitrogen and oxygen atoms in total. The zero-order valence-electron chi connectivity index (χ0n) is 28.4. The van der Waals surface area contributed by atoms with Crippen LogP contribution in [0, 0.1) is 69.2 Å². The van der Waals surface area contributed by atoms with Gasteiger partial charge in [0, 0.05) is 69.0 Å². The maximum Gasteiger partial charge on any atom is 0.0496 e. The predicted molar refractivity (Wildman–Crippen MR) is 206 cm³/mol. The van der Waals surface area contributed by atoms with Crippen molar-refractivity contribution in [3.63, 3.8) is 0 Å². The van der Waals surface area contributed by atoms with E-state index >= 15 is 0 Å². The average molecular weight is 691 g/mol. The molecule has 6 aromatic heterocycles. The van der Waals surface area contributed by atoms with Crippen LogP contribution in [0.25, 0.3) is 48.4 Å². The minimum atomic E-state index is 0.0530. The van der Waals surface area contributed by atoms with Gasteiger partial charge in [0.25, 0.3) is 0 Å². The Morgan fingerprint density at radius 3 is 1.09 bits per heavy atom. The third-order valence-corrected chi connectivity index (χ3v) is 20.1. The molecule has 6 aromatic rings. The van der Waals surface area contributed by atoms with Crippen LogP contribution in [-0.2, 0) is 10.8 Å². The number of hydrogen-bond acceptors (Lipinski definition) is 6. The van der Waals surface area contributed by atoms with Gasteiger partial charge in [-0.15, -0.1) is 68.0 Å². The monoisotopic (exact) mass is 690 g/mol. The number of fused-ring (bicyclic) bond motifs is 4. The first-order valence-electron chi connectivity index (χ1n) is 15.4. The van der Waals surface area contributed by atoms with Crippen LogP contribution in [-0.4, -0.2) is 0 Å². The second kappa shape index (κ2) is 9.98. The van der Waals surface area contributed by atoms with Crippen molar-refractivity contribution in [1.29, 1.82) is 0 Å². The maximum atomic E-state index is 2.49. The first kappa shape index (κ1) is 31.1. The Balaban J connectivity index is 1.39. The molecule has 0 saturated carbocycles. The Labute approximate surface area is 287 Å². The maximum absolute atomic E-state index is 2.49. The zero-order chi connectivity index (χ0) is 31.9. The third kappa shape index (κ3) is 3.88. The fraction of sp³-hybridized carbons (Fsp3) is 0.421. The van der Waals surface area contributed by atoms with Crippen molar-refractivity contribution >= 4 is 77.4 Å². The molecule has 1 aliphatic carbocycles. The Bertz CT molecular complexity index is 2170. The molecule has 0 saturated heterocycles. The molecular formula is C38H42S6. The summed E-state index contributed by atoms with van der Waals surface area (Å²) in [6, 6.07) is 0. The van der Waals surface area contributed by atoms with Gasteiger partial charge < -0.3 is 0 Å². The second-order valence-corrected chi connectivity index (χ2v) is 20.5. The number of rotatable bonds is 3. The van der Waals surface area contributed by atoms with Crippen molar-refractivity contribution in [2.75, 3.05) is 0 Å². The predicted octanol–water partition coefficient (Wildman–Crippen LogP) is 14.5. The van der Waals surface area contributed by atoms with Crippen LogP contribution in [0.1, 0.15) is 93.1 Å². The van der Waals surface area contributed by atoms with Gasteiger partial charge in [-0.1, -0.05) is 27.7 Å². The van der Waals surface area contributed by atoms with Crippen molar-refractivity contribution in [1.82, 2.24) is 0 Å². The second-order valence-electron chi connectivity index (χ2n) is 14.0. The highest BCUT2D eigenvalue weighted by atomic mass is 32.1. The van der Waals surface area contributed by atoms with E-state index in [9.17, 15) is 0 Å². The van der Waals surface area contributed by atoms with E-state index in [1.165, 1.54) is 103 Å². The van der Waals surface area contributed by atoms with Gasteiger partial charge in [-0.25, -0.2) is 0 Å². The van der Waals surface area contributed by atoms with E-state index in [1.807, 2.05) is 56.7 Å². The number of hydrogen-bond donors (Lipinski definition) is 0. The molecule has 1 aliphatic rings. The number of thiophene rings is 6. The summed E-state index contributed by atoms with van der Waals surface area (Å²) >= 11 is 12.1. The standard InChI is InChI=1S/C38H42S6/c1-15-16(2)27(39-23(15)9)31-21(7)33-34(42-31)22(8)32(43-33)29-18(4)17(3)28(41-29)30-20(6)26-36(44-30)35-25(19(5)24(10)40-35)37(11,12)38(26,13)14/h1-14H3. The van der Waals surface area contributed by atoms with Gasteiger partial charge >= 0.3 is 0 Å². The van der Waals surface area contributed by atoms with E-state index in [0.29, 0.717) is 0 Å². The van der Waals surface area contributed by atoms with E-state index in [4.69, 9.17) is 0 Å². The summed E-state index contributed by atoms with van der Waals surface area (Å²) in [6.07, 6.45) is 0. The summed E-state index contributed by atoms with van der Waals surface area (Å²) in [6.45, 7) is 33.3. The molecule has 6 heteroatoms. The minimum absolute atomic E-state index is 0.0530. The van der Waals surface area contributed by atoms with E-state index in [0.717, 1.165) is 0 Å². The highest BCUT2D eigenvalue weighted by Gasteiger charge is 2.50. The Morgan fingerprint density at radius 2 is 0.614 bits per heavy atom. The first-order valence-corrected chi connectivity index (χ1v) is 20.3. The first-order chi connectivity index (χ1) is 20.5. The molecular weight excluding hydrogens is 649 g/mol. The summed E-state index contributed by atoms with van der Waals surface area (Å²) in [5.41, 5.74) is 15.0.